The molecule has 5 rings (SSSR count). The number of halogens is 5. The molecule has 2 heterocycles. The van der Waals surface area contributed by atoms with E-state index >= 15 is 0 Å². The average molecular weight is 519 g/mol. The predicted octanol–water partition coefficient (Wildman–Crippen LogP) is 6.37. The van der Waals surface area contributed by atoms with Gasteiger partial charge in [0.25, 0.3) is 17.4 Å². The van der Waals surface area contributed by atoms with Gasteiger partial charge in [0.05, 0.1) is 23.4 Å². The first-order valence-corrected chi connectivity index (χ1v) is 11.2. The maximum absolute atomic E-state index is 14.2. The summed E-state index contributed by atoms with van der Waals surface area (Å²) >= 11 is 11.9. The average Bonchev–Trinajstić information content (AvgIpc) is 3.37. The van der Waals surface area contributed by atoms with Crippen LogP contribution in [0.4, 0.5) is 13.2 Å². The number of imide groups is 1. The molecule has 0 aromatic heterocycles. The summed E-state index contributed by atoms with van der Waals surface area (Å²) < 4.78 is 42.5. The van der Waals surface area contributed by atoms with Crippen LogP contribution in [-0.2, 0) is 17.0 Å². The number of hydrogen-bond donors (Lipinski definition) is 0. The fraction of sp³-hybridized carbons (Fsp3) is 0.160. The van der Waals surface area contributed by atoms with Crippen LogP contribution < -0.4 is 0 Å². The molecule has 5 nitrogen and oxygen atoms in total. The predicted molar refractivity (Wildman–Crippen MR) is 124 cm³/mol. The van der Waals surface area contributed by atoms with E-state index < -0.39 is 30.0 Å². The van der Waals surface area contributed by atoms with E-state index in [2.05, 4.69) is 5.16 Å². The van der Waals surface area contributed by atoms with E-state index in [0.29, 0.717) is 22.3 Å². The second-order valence-corrected chi connectivity index (χ2v) is 9.10. The van der Waals surface area contributed by atoms with Crippen molar-refractivity contribution in [2.24, 2.45) is 5.16 Å². The molecule has 3 aromatic rings. The molecule has 3 aromatic carbocycles. The van der Waals surface area contributed by atoms with Crippen molar-refractivity contribution in [1.82, 2.24) is 4.90 Å². The van der Waals surface area contributed by atoms with Gasteiger partial charge in [-0.25, -0.2) is 0 Å². The van der Waals surface area contributed by atoms with E-state index in [4.69, 9.17) is 28.0 Å². The highest BCUT2D eigenvalue weighted by atomic mass is 35.5. The van der Waals surface area contributed by atoms with Gasteiger partial charge in [-0.05, 0) is 41.5 Å². The first-order chi connectivity index (χ1) is 16.6. The van der Waals surface area contributed by atoms with Gasteiger partial charge >= 0.3 is 6.18 Å². The summed E-state index contributed by atoms with van der Waals surface area (Å²) in [6.07, 6.45) is -5.37. The molecule has 10 heteroatoms. The second-order valence-electron chi connectivity index (χ2n) is 8.23. The van der Waals surface area contributed by atoms with Gasteiger partial charge in [-0.3, -0.25) is 14.5 Å². The number of carbonyl (C=O) groups is 2. The Hall–Kier alpha value is -3.36. The Morgan fingerprint density at radius 1 is 0.914 bits per heavy atom. The van der Waals surface area contributed by atoms with Gasteiger partial charge in [-0.2, -0.15) is 13.2 Å². The topological polar surface area (TPSA) is 59.0 Å². The fourth-order valence-corrected chi connectivity index (χ4v) is 4.74. The lowest BCUT2D eigenvalue weighted by Crippen LogP contribution is -2.42. The number of amides is 2. The van der Waals surface area contributed by atoms with Crippen molar-refractivity contribution in [2.75, 3.05) is 0 Å². The summed E-state index contributed by atoms with van der Waals surface area (Å²) in [5.74, 6) is -0.781. The van der Waals surface area contributed by atoms with Crippen molar-refractivity contribution >= 4 is 40.7 Å². The van der Waals surface area contributed by atoms with Crippen molar-refractivity contribution in [3.8, 4) is 0 Å². The molecule has 1 unspecified atom stereocenters. The fourth-order valence-electron chi connectivity index (χ4n) is 4.21. The molecule has 35 heavy (non-hydrogen) atoms. The highest BCUT2D eigenvalue weighted by Crippen LogP contribution is 2.49. The van der Waals surface area contributed by atoms with Crippen LogP contribution in [0, 0.1) is 0 Å². The van der Waals surface area contributed by atoms with Gasteiger partial charge < -0.3 is 4.84 Å². The first kappa shape index (κ1) is 23.4. The Labute approximate surface area is 207 Å². The van der Waals surface area contributed by atoms with Crippen LogP contribution in [0.25, 0.3) is 0 Å². The van der Waals surface area contributed by atoms with E-state index in [-0.39, 0.29) is 27.9 Å². The van der Waals surface area contributed by atoms with Crippen LogP contribution in [0.2, 0.25) is 10.0 Å². The first-order valence-electron chi connectivity index (χ1n) is 10.4. The lowest BCUT2D eigenvalue weighted by Gasteiger charge is -2.29. The molecule has 0 radical (unpaired) electrons. The number of alkyl halides is 3. The lowest BCUT2D eigenvalue weighted by molar-refractivity contribution is -0.275. The molecule has 0 spiro atoms. The van der Waals surface area contributed by atoms with Gasteiger partial charge in [0.1, 0.15) is 0 Å². The smallest absolute Gasteiger partial charge is 0.374 e. The maximum atomic E-state index is 14.2. The van der Waals surface area contributed by atoms with Gasteiger partial charge in [0, 0.05) is 22.0 Å². The maximum Gasteiger partial charge on any atom is 0.435 e. The molecule has 2 aliphatic heterocycles. The molecule has 1 atom stereocenters. The number of rotatable bonds is 4. The Balaban J connectivity index is 1.37. The normalized spacial score (nSPS) is 19.6. The Kier molecular flexibility index (Phi) is 5.61. The number of benzene rings is 3. The van der Waals surface area contributed by atoms with E-state index in [1.165, 1.54) is 6.07 Å². The van der Waals surface area contributed by atoms with Gasteiger partial charge in [-0.15, -0.1) is 0 Å². The van der Waals surface area contributed by atoms with E-state index in [1.807, 2.05) is 0 Å². The number of carbonyl (C=O) groups excluding carboxylic acids is 2. The molecule has 2 aliphatic rings. The summed E-state index contributed by atoms with van der Waals surface area (Å²) in [7, 11) is 0. The summed E-state index contributed by atoms with van der Waals surface area (Å²) in [4.78, 5) is 31.3. The SMILES string of the molecule is O=C1c2ccccc2C(=O)N1Cc1ccc(C2=NOC(c3cc(Cl)cc(Cl)c3)(C(F)(F)F)C2)cc1. The Morgan fingerprint density at radius 3 is 2.03 bits per heavy atom. The van der Waals surface area contributed by atoms with Crippen molar-refractivity contribution in [2.45, 2.75) is 24.7 Å². The van der Waals surface area contributed by atoms with Gasteiger partial charge in [0.15, 0.2) is 0 Å². The van der Waals surface area contributed by atoms with Crippen LogP contribution in [0.5, 0.6) is 0 Å². The lowest BCUT2D eigenvalue weighted by atomic mass is 9.86. The monoisotopic (exact) mass is 518 g/mol. The van der Waals surface area contributed by atoms with Crippen molar-refractivity contribution in [3.05, 3.63) is 105 Å². The van der Waals surface area contributed by atoms with E-state index in [9.17, 15) is 22.8 Å². The molecule has 0 bridgehead atoms. The Morgan fingerprint density at radius 2 is 1.49 bits per heavy atom. The minimum atomic E-state index is -4.79. The molecule has 2 amide bonds. The summed E-state index contributed by atoms with van der Waals surface area (Å²) in [6.45, 7) is 0.0309. The third kappa shape index (κ3) is 3.96. The molecule has 0 fully saturated rings. The zero-order valence-corrected chi connectivity index (χ0v) is 19.3. The number of nitrogens with zero attached hydrogens (tertiary/aromatic N) is 2. The number of fused-ring (bicyclic) bond motifs is 1. The zero-order valence-electron chi connectivity index (χ0n) is 17.8. The minimum Gasteiger partial charge on any atom is -0.374 e. The molecule has 0 saturated heterocycles. The quantitative estimate of drug-likeness (QED) is 0.377. The van der Waals surface area contributed by atoms with Crippen LogP contribution in [0.3, 0.4) is 0 Å². The minimum absolute atomic E-state index is 0.0309. The van der Waals surface area contributed by atoms with Crippen molar-refractivity contribution in [1.29, 1.82) is 0 Å². The molecule has 0 aliphatic carbocycles. The third-order valence-corrected chi connectivity index (χ3v) is 6.46. The Bertz CT molecular complexity index is 1330. The highest BCUT2D eigenvalue weighted by molar-refractivity contribution is 6.34. The zero-order chi connectivity index (χ0) is 25.0. The summed E-state index contributed by atoms with van der Waals surface area (Å²) in [5.41, 5.74) is -1.15. The van der Waals surface area contributed by atoms with Crippen LogP contribution >= 0.6 is 23.2 Å². The summed E-state index contributed by atoms with van der Waals surface area (Å²) in [6, 6.07) is 16.6. The van der Waals surface area contributed by atoms with Crippen LogP contribution in [-0.4, -0.2) is 28.6 Å². The van der Waals surface area contributed by atoms with Crippen molar-refractivity contribution < 1.29 is 27.6 Å². The molecular weight excluding hydrogens is 504 g/mol. The molecule has 0 saturated carbocycles. The van der Waals surface area contributed by atoms with Crippen LogP contribution in [0.15, 0.2) is 71.9 Å². The number of oxime groups is 1. The molecule has 0 N–H and O–H groups in total. The second kappa shape index (κ2) is 8.39. The number of hydrogen-bond acceptors (Lipinski definition) is 4. The molecular formula is C25H15Cl2F3N2O3. The van der Waals surface area contributed by atoms with Gasteiger partial charge in [0.2, 0.25) is 0 Å². The van der Waals surface area contributed by atoms with Crippen LogP contribution in [0.1, 0.15) is 43.8 Å². The summed E-state index contributed by atoms with van der Waals surface area (Å²) in [5, 5.41) is 3.83. The molecule has 178 valence electrons. The van der Waals surface area contributed by atoms with E-state index in [1.54, 1.807) is 48.5 Å². The van der Waals surface area contributed by atoms with E-state index in [0.717, 1.165) is 17.0 Å². The standard InChI is InChI=1S/C25H15Cl2F3N2O3/c26-17-9-16(10-18(27)11-17)24(25(28,29)30)12-21(31-35-24)15-7-5-14(6-8-15)13-32-22(33)19-3-1-2-4-20(19)23(32)34/h1-11H,12-13H2. The largest absolute Gasteiger partial charge is 0.435 e. The van der Waals surface area contributed by atoms with Gasteiger partial charge in [-0.1, -0.05) is 64.8 Å². The highest BCUT2D eigenvalue weighted by Gasteiger charge is 2.62. The van der Waals surface area contributed by atoms with Crippen molar-refractivity contribution in [3.63, 3.8) is 0 Å². The third-order valence-electron chi connectivity index (χ3n) is 6.02.